The van der Waals surface area contributed by atoms with Crippen LogP contribution in [0.1, 0.15) is 5.56 Å². The first-order chi connectivity index (χ1) is 11.6. The standard InChI is InChI=1S/C17H17N3O2S2/c1-23-15-6-8-16(9-7-15)24(21,22)19-12-14-4-2-3-5-17(14)20-11-10-18-13-20/h2-11,13,19H,12H2,1H3. The van der Waals surface area contributed by atoms with E-state index in [-0.39, 0.29) is 11.4 Å². The number of rotatable bonds is 6. The van der Waals surface area contributed by atoms with Gasteiger partial charge in [0.1, 0.15) is 0 Å². The van der Waals surface area contributed by atoms with E-state index in [0.717, 1.165) is 16.1 Å². The fraction of sp³-hybridized carbons (Fsp3) is 0.118. The van der Waals surface area contributed by atoms with Gasteiger partial charge in [-0.3, -0.25) is 0 Å². The Morgan fingerprint density at radius 2 is 1.88 bits per heavy atom. The molecule has 24 heavy (non-hydrogen) atoms. The van der Waals surface area contributed by atoms with E-state index in [1.54, 1.807) is 48.6 Å². The summed E-state index contributed by atoms with van der Waals surface area (Å²) < 4.78 is 29.5. The molecule has 0 saturated carbocycles. The molecule has 3 rings (SSSR count). The summed E-state index contributed by atoms with van der Waals surface area (Å²) in [5.74, 6) is 0. The summed E-state index contributed by atoms with van der Waals surface area (Å²) in [5.41, 5.74) is 1.77. The highest BCUT2D eigenvalue weighted by molar-refractivity contribution is 7.98. The van der Waals surface area contributed by atoms with Gasteiger partial charge < -0.3 is 4.57 Å². The van der Waals surface area contributed by atoms with Gasteiger partial charge in [0.2, 0.25) is 10.0 Å². The first kappa shape index (κ1) is 16.8. The number of aromatic nitrogens is 2. The molecule has 0 aliphatic carbocycles. The number of nitrogens with zero attached hydrogens (tertiary/aromatic N) is 2. The lowest BCUT2D eigenvalue weighted by Crippen LogP contribution is -2.23. The Balaban J connectivity index is 1.80. The van der Waals surface area contributed by atoms with Crippen molar-refractivity contribution in [2.24, 2.45) is 0 Å². The van der Waals surface area contributed by atoms with Gasteiger partial charge in [-0.15, -0.1) is 11.8 Å². The molecule has 0 amide bonds. The van der Waals surface area contributed by atoms with Crippen LogP contribution < -0.4 is 4.72 Å². The second kappa shape index (κ2) is 7.21. The van der Waals surface area contributed by atoms with Crippen LogP contribution in [0.5, 0.6) is 0 Å². The minimum atomic E-state index is -3.55. The molecule has 7 heteroatoms. The van der Waals surface area contributed by atoms with Crippen molar-refractivity contribution in [2.45, 2.75) is 16.3 Å². The van der Waals surface area contributed by atoms with Crippen LogP contribution in [0, 0.1) is 0 Å². The molecule has 1 N–H and O–H groups in total. The van der Waals surface area contributed by atoms with Crippen molar-refractivity contribution in [3.63, 3.8) is 0 Å². The van der Waals surface area contributed by atoms with Gasteiger partial charge in [0, 0.05) is 23.8 Å². The molecule has 0 aliphatic rings. The molecular formula is C17H17N3O2S2. The van der Waals surface area contributed by atoms with Crippen molar-refractivity contribution in [2.75, 3.05) is 6.26 Å². The van der Waals surface area contributed by atoms with Gasteiger partial charge in [0.25, 0.3) is 0 Å². The third-order valence-electron chi connectivity index (χ3n) is 3.60. The number of hydrogen-bond acceptors (Lipinski definition) is 4. The SMILES string of the molecule is CSc1ccc(S(=O)(=O)NCc2ccccc2-n2ccnc2)cc1. The molecule has 0 radical (unpaired) electrons. The zero-order valence-corrected chi connectivity index (χ0v) is 14.7. The molecule has 0 unspecified atom stereocenters. The molecule has 2 aromatic carbocycles. The molecule has 0 saturated heterocycles. The molecule has 1 heterocycles. The number of nitrogens with one attached hydrogen (secondary N) is 1. The average molecular weight is 359 g/mol. The Kier molecular flexibility index (Phi) is 5.03. The summed E-state index contributed by atoms with van der Waals surface area (Å²) in [4.78, 5) is 5.33. The van der Waals surface area contributed by atoms with Gasteiger partial charge in [-0.1, -0.05) is 18.2 Å². The quantitative estimate of drug-likeness (QED) is 0.687. The van der Waals surface area contributed by atoms with Gasteiger partial charge in [-0.05, 0) is 42.2 Å². The maximum atomic E-state index is 12.5. The van der Waals surface area contributed by atoms with E-state index in [1.807, 2.05) is 41.3 Å². The maximum absolute atomic E-state index is 12.5. The maximum Gasteiger partial charge on any atom is 0.240 e. The van der Waals surface area contributed by atoms with Crippen molar-refractivity contribution < 1.29 is 8.42 Å². The Bertz CT molecular complexity index is 905. The lowest BCUT2D eigenvalue weighted by Gasteiger charge is -2.12. The van der Waals surface area contributed by atoms with E-state index in [1.165, 1.54) is 0 Å². The number of hydrogen-bond donors (Lipinski definition) is 1. The highest BCUT2D eigenvalue weighted by Gasteiger charge is 2.14. The molecule has 5 nitrogen and oxygen atoms in total. The summed E-state index contributed by atoms with van der Waals surface area (Å²) >= 11 is 1.57. The molecule has 0 atom stereocenters. The van der Waals surface area contributed by atoms with E-state index in [0.29, 0.717) is 0 Å². The van der Waals surface area contributed by atoms with Crippen molar-refractivity contribution >= 4 is 21.8 Å². The van der Waals surface area contributed by atoms with Crippen LogP contribution in [-0.4, -0.2) is 24.2 Å². The number of thioether (sulfide) groups is 1. The van der Waals surface area contributed by atoms with E-state index in [9.17, 15) is 8.42 Å². The molecule has 0 bridgehead atoms. The summed E-state index contributed by atoms with van der Waals surface area (Å²) in [6, 6.07) is 14.5. The topological polar surface area (TPSA) is 64.0 Å². The van der Waals surface area contributed by atoms with Gasteiger partial charge in [0.15, 0.2) is 0 Å². The van der Waals surface area contributed by atoms with Crippen LogP contribution in [0.15, 0.2) is 77.0 Å². The van der Waals surface area contributed by atoms with Gasteiger partial charge >= 0.3 is 0 Å². The van der Waals surface area contributed by atoms with E-state index < -0.39 is 10.0 Å². The predicted octanol–water partition coefficient (Wildman–Crippen LogP) is 3.07. The first-order valence-electron chi connectivity index (χ1n) is 7.30. The summed E-state index contributed by atoms with van der Waals surface area (Å²) in [7, 11) is -3.55. The molecule has 0 aliphatic heterocycles. The smallest absolute Gasteiger partial charge is 0.240 e. The average Bonchev–Trinajstić information content (AvgIpc) is 3.15. The monoisotopic (exact) mass is 359 g/mol. The summed E-state index contributed by atoms with van der Waals surface area (Å²) in [6.07, 6.45) is 7.16. The lowest BCUT2D eigenvalue weighted by atomic mass is 10.2. The number of benzene rings is 2. The summed E-state index contributed by atoms with van der Waals surface area (Å²) in [5, 5.41) is 0. The predicted molar refractivity (Wildman–Crippen MR) is 95.8 cm³/mol. The molecule has 1 aromatic heterocycles. The third kappa shape index (κ3) is 3.69. The zero-order valence-electron chi connectivity index (χ0n) is 13.1. The lowest BCUT2D eigenvalue weighted by molar-refractivity contribution is 0.581. The first-order valence-corrected chi connectivity index (χ1v) is 10.0. The largest absolute Gasteiger partial charge is 0.306 e. The molecule has 0 fully saturated rings. The van der Waals surface area contributed by atoms with Crippen molar-refractivity contribution in [3.05, 3.63) is 72.8 Å². The van der Waals surface area contributed by atoms with E-state index in [2.05, 4.69) is 9.71 Å². The normalized spacial score (nSPS) is 11.5. The molecule has 0 spiro atoms. The van der Waals surface area contributed by atoms with Gasteiger partial charge in [0.05, 0.1) is 16.9 Å². The Hall–Kier alpha value is -2.09. The molecule has 3 aromatic rings. The highest BCUT2D eigenvalue weighted by Crippen LogP contribution is 2.19. The highest BCUT2D eigenvalue weighted by atomic mass is 32.2. The summed E-state index contributed by atoms with van der Waals surface area (Å²) in [6.45, 7) is 0.209. The van der Waals surface area contributed by atoms with Gasteiger partial charge in [-0.25, -0.2) is 18.1 Å². The van der Waals surface area contributed by atoms with E-state index in [4.69, 9.17) is 0 Å². The molecular weight excluding hydrogens is 342 g/mol. The fourth-order valence-electron chi connectivity index (χ4n) is 2.32. The van der Waals surface area contributed by atoms with E-state index >= 15 is 0 Å². The second-order valence-corrected chi connectivity index (χ2v) is 7.75. The van der Waals surface area contributed by atoms with Crippen LogP contribution in [-0.2, 0) is 16.6 Å². The van der Waals surface area contributed by atoms with Crippen molar-refractivity contribution in [3.8, 4) is 5.69 Å². The van der Waals surface area contributed by atoms with Crippen LogP contribution in [0.3, 0.4) is 0 Å². The number of imidazole rings is 1. The third-order valence-corrected chi connectivity index (χ3v) is 5.76. The Morgan fingerprint density at radius 1 is 1.12 bits per heavy atom. The zero-order chi connectivity index (χ0) is 17.0. The van der Waals surface area contributed by atoms with Crippen LogP contribution in [0.4, 0.5) is 0 Å². The Labute approximate surface area is 145 Å². The van der Waals surface area contributed by atoms with Crippen molar-refractivity contribution in [1.82, 2.24) is 14.3 Å². The minimum absolute atomic E-state index is 0.209. The van der Waals surface area contributed by atoms with Crippen molar-refractivity contribution in [1.29, 1.82) is 0 Å². The second-order valence-electron chi connectivity index (χ2n) is 5.10. The number of para-hydroxylation sites is 1. The van der Waals surface area contributed by atoms with Gasteiger partial charge in [-0.2, -0.15) is 0 Å². The Morgan fingerprint density at radius 3 is 2.54 bits per heavy atom. The fourth-order valence-corrected chi connectivity index (χ4v) is 3.74. The number of sulfonamides is 1. The van der Waals surface area contributed by atoms with Crippen LogP contribution in [0.2, 0.25) is 0 Å². The van der Waals surface area contributed by atoms with Crippen LogP contribution >= 0.6 is 11.8 Å². The molecule has 124 valence electrons. The minimum Gasteiger partial charge on any atom is -0.306 e. The van der Waals surface area contributed by atoms with Crippen LogP contribution in [0.25, 0.3) is 5.69 Å².